The second-order valence-corrected chi connectivity index (χ2v) is 6.02. The normalized spacial score (nSPS) is 18.0. The molecule has 1 unspecified atom stereocenters. The van der Waals surface area contributed by atoms with Gasteiger partial charge >= 0.3 is 0 Å². The standard InChI is InChI=1S/C17H24N4O/c1-2-11-21-15-6-4-3-5-14(15)19-17(21)20-16(22)8-7-13-9-10-18-12-13/h3-6,13,18H,2,7-12H2,1H3,(H,19,20,22). The van der Waals surface area contributed by atoms with Crippen LogP contribution >= 0.6 is 0 Å². The lowest BCUT2D eigenvalue weighted by molar-refractivity contribution is -0.116. The van der Waals surface area contributed by atoms with Crippen molar-refractivity contribution in [3.05, 3.63) is 24.3 Å². The second kappa shape index (κ2) is 6.92. The van der Waals surface area contributed by atoms with Crippen LogP contribution in [0.15, 0.2) is 24.3 Å². The summed E-state index contributed by atoms with van der Waals surface area (Å²) in [7, 11) is 0. The van der Waals surface area contributed by atoms with Crippen molar-refractivity contribution in [2.24, 2.45) is 5.92 Å². The summed E-state index contributed by atoms with van der Waals surface area (Å²) in [6.45, 7) is 5.12. The molecule has 0 spiro atoms. The van der Waals surface area contributed by atoms with Gasteiger partial charge in [-0.1, -0.05) is 19.1 Å². The maximum absolute atomic E-state index is 12.2. The number of aryl methyl sites for hydroxylation is 1. The Kier molecular flexibility index (Phi) is 4.73. The lowest BCUT2D eigenvalue weighted by atomic mass is 10.0. The highest BCUT2D eigenvalue weighted by Crippen LogP contribution is 2.21. The van der Waals surface area contributed by atoms with Crippen molar-refractivity contribution >= 4 is 22.9 Å². The zero-order valence-electron chi connectivity index (χ0n) is 13.1. The molecule has 22 heavy (non-hydrogen) atoms. The number of nitrogens with one attached hydrogen (secondary N) is 2. The van der Waals surface area contributed by atoms with Crippen LogP contribution < -0.4 is 10.6 Å². The molecule has 0 bridgehead atoms. The van der Waals surface area contributed by atoms with Crippen LogP contribution in [0.3, 0.4) is 0 Å². The number of hydrogen-bond acceptors (Lipinski definition) is 3. The number of anilines is 1. The van der Waals surface area contributed by atoms with E-state index in [1.54, 1.807) is 0 Å². The predicted molar refractivity (Wildman–Crippen MR) is 88.9 cm³/mol. The smallest absolute Gasteiger partial charge is 0.226 e. The Morgan fingerprint density at radius 2 is 2.32 bits per heavy atom. The summed E-state index contributed by atoms with van der Waals surface area (Å²) in [6, 6.07) is 8.03. The fourth-order valence-corrected chi connectivity index (χ4v) is 3.10. The van der Waals surface area contributed by atoms with E-state index in [0.717, 1.165) is 43.5 Å². The van der Waals surface area contributed by atoms with Crippen LogP contribution in [0, 0.1) is 5.92 Å². The molecule has 5 nitrogen and oxygen atoms in total. The minimum absolute atomic E-state index is 0.0690. The van der Waals surface area contributed by atoms with E-state index in [4.69, 9.17) is 0 Å². The van der Waals surface area contributed by atoms with E-state index in [9.17, 15) is 4.79 Å². The van der Waals surface area contributed by atoms with Gasteiger partial charge in [-0.05, 0) is 50.4 Å². The third-order valence-corrected chi connectivity index (χ3v) is 4.30. The third kappa shape index (κ3) is 3.30. The molecule has 1 aromatic heterocycles. The number of para-hydroxylation sites is 2. The monoisotopic (exact) mass is 300 g/mol. The highest BCUT2D eigenvalue weighted by Gasteiger charge is 2.17. The molecule has 1 aromatic carbocycles. The fourth-order valence-electron chi connectivity index (χ4n) is 3.10. The first-order chi connectivity index (χ1) is 10.8. The summed E-state index contributed by atoms with van der Waals surface area (Å²) in [6.07, 6.45) is 3.72. The third-order valence-electron chi connectivity index (χ3n) is 4.30. The van der Waals surface area contributed by atoms with Gasteiger partial charge in [0.2, 0.25) is 11.9 Å². The number of nitrogens with zero attached hydrogens (tertiary/aromatic N) is 2. The van der Waals surface area contributed by atoms with Crippen molar-refractivity contribution in [3.8, 4) is 0 Å². The lowest BCUT2D eigenvalue weighted by Gasteiger charge is -2.10. The highest BCUT2D eigenvalue weighted by atomic mass is 16.1. The van der Waals surface area contributed by atoms with Crippen molar-refractivity contribution in [2.45, 2.75) is 39.2 Å². The Morgan fingerprint density at radius 1 is 1.45 bits per heavy atom. The Morgan fingerprint density at radius 3 is 3.09 bits per heavy atom. The first-order valence-corrected chi connectivity index (χ1v) is 8.23. The van der Waals surface area contributed by atoms with E-state index in [0.29, 0.717) is 18.3 Å². The fraction of sp³-hybridized carbons (Fsp3) is 0.529. The molecule has 0 aliphatic carbocycles. The average molecular weight is 300 g/mol. The van der Waals surface area contributed by atoms with Gasteiger partial charge in [-0.2, -0.15) is 0 Å². The van der Waals surface area contributed by atoms with E-state index in [1.807, 2.05) is 18.2 Å². The molecule has 1 atom stereocenters. The maximum Gasteiger partial charge on any atom is 0.226 e. The molecular formula is C17H24N4O. The highest BCUT2D eigenvalue weighted by molar-refractivity contribution is 5.91. The van der Waals surface area contributed by atoms with Gasteiger partial charge in [-0.15, -0.1) is 0 Å². The molecule has 1 aliphatic rings. The van der Waals surface area contributed by atoms with Gasteiger partial charge < -0.3 is 9.88 Å². The number of fused-ring (bicyclic) bond motifs is 1. The summed E-state index contributed by atoms with van der Waals surface area (Å²) in [5.74, 6) is 1.39. The van der Waals surface area contributed by atoms with Gasteiger partial charge in [-0.3, -0.25) is 10.1 Å². The minimum Gasteiger partial charge on any atom is -0.316 e. The zero-order chi connectivity index (χ0) is 15.4. The van der Waals surface area contributed by atoms with Crippen LogP contribution in [-0.4, -0.2) is 28.5 Å². The second-order valence-electron chi connectivity index (χ2n) is 6.02. The topological polar surface area (TPSA) is 59.0 Å². The van der Waals surface area contributed by atoms with Crippen molar-refractivity contribution in [1.29, 1.82) is 0 Å². The van der Waals surface area contributed by atoms with E-state index in [1.165, 1.54) is 6.42 Å². The molecule has 118 valence electrons. The number of imidazole rings is 1. The van der Waals surface area contributed by atoms with Gasteiger partial charge in [0.25, 0.3) is 0 Å². The summed E-state index contributed by atoms with van der Waals surface area (Å²) in [4.78, 5) is 16.8. The molecule has 0 saturated carbocycles. The van der Waals surface area contributed by atoms with Gasteiger partial charge in [0.05, 0.1) is 11.0 Å². The Bertz CT molecular complexity index is 643. The largest absolute Gasteiger partial charge is 0.316 e. The van der Waals surface area contributed by atoms with Crippen LogP contribution in [0.1, 0.15) is 32.6 Å². The molecule has 1 fully saturated rings. The summed E-state index contributed by atoms with van der Waals surface area (Å²) < 4.78 is 2.10. The van der Waals surface area contributed by atoms with Crippen molar-refractivity contribution in [1.82, 2.24) is 14.9 Å². The molecule has 2 aromatic rings. The van der Waals surface area contributed by atoms with Crippen LogP contribution in [0.25, 0.3) is 11.0 Å². The first-order valence-electron chi connectivity index (χ1n) is 8.23. The lowest BCUT2D eigenvalue weighted by Crippen LogP contribution is -2.17. The molecular weight excluding hydrogens is 276 g/mol. The molecule has 1 aliphatic heterocycles. The van der Waals surface area contributed by atoms with Gasteiger partial charge in [0, 0.05) is 13.0 Å². The summed E-state index contributed by atoms with van der Waals surface area (Å²) in [5.41, 5.74) is 2.02. The maximum atomic E-state index is 12.2. The van der Waals surface area contributed by atoms with Crippen molar-refractivity contribution < 1.29 is 4.79 Å². The molecule has 5 heteroatoms. The molecule has 2 N–H and O–H groups in total. The van der Waals surface area contributed by atoms with Crippen LogP contribution in [0.2, 0.25) is 0 Å². The average Bonchev–Trinajstić information content (AvgIpc) is 3.14. The van der Waals surface area contributed by atoms with Crippen molar-refractivity contribution in [3.63, 3.8) is 0 Å². The SMILES string of the molecule is CCCn1c(NC(=O)CCC2CCNC2)nc2ccccc21. The predicted octanol–water partition coefficient (Wildman–Crippen LogP) is 2.77. The van der Waals surface area contributed by atoms with E-state index in [2.05, 4.69) is 33.2 Å². The molecule has 0 radical (unpaired) electrons. The first kappa shape index (κ1) is 15.0. The molecule has 1 saturated heterocycles. The number of rotatable bonds is 6. The van der Waals surface area contributed by atoms with Crippen LogP contribution in [0.5, 0.6) is 0 Å². The van der Waals surface area contributed by atoms with Crippen LogP contribution in [0.4, 0.5) is 5.95 Å². The Balaban J connectivity index is 1.69. The number of carbonyl (C=O) groups is 1. The van der Waals surface area contributed by atoms with Gasteiger partial charge in [-0.25, -0.2) is 4.98 Å². The molecule has 3 rings (SSSR count). The Hall–Kier alpha value is -1.88. The number of amides is 1. The zero-order valence-corrected chi connectivity index (χ0v) is 13.1. The van der Waals surface area contributed by atoms with Gasteiger partial charge in [0.1, 0.15) is 0 Å². The molecule has 1 amide bonds. The summed E-state index contributed by atoms with van der Waals surface area (Å²) in [5, 5.41) is 6.34. The van der Waals surface area contributed by atoms with E-state index < -0.39 is 0 Å². The Labute approximate surface area is 131 Å². The number of aromatic nitrogens is 2. The number of carbonyl (C=O) groups excluding carboxylic acids is 1. The van der Waals surface area contributed by atoms with Gasteiger partial charge in [0.15, 0.2) is 0 Å². The summed E-state index contributed by atoms with van der Waals surface area (Å²) >= 11 is 0. The quantitative estimate of drug-likeness (QED) is 0.862. The molecule has 2 heterocycles. The number of hydrogen-bond donors (Lipinski definition) is 2. The van der Waals surface area contributed by atoms with E-state index >= 15 is 0 Å². The minimum atomic E-state index is 0.0690. The van der Waals surface area contributed by atoms with Crippen LogP contribution in [-0.2, 0) is 11.3 Å². The van der Waals surface area contributed by atoms with Crippen molar-refractivity contribution in [2.75, 3.05) is 18.4 Å². The number of benzene rings is 1. The van der Waals surface area contributed by atoms with E-state index in [-0.39, 0.29) is 5.91 Å².